The molecule has 0 fully saturated rings. The fraction of sp³-hybridized carbons (Fsp3) is 0.600. The number of hydrogen-bond acceptors (Lipinski definition) is 1. The molecule has 1 aromatic heterocycles. The van der Waals surface area contributed by atoms with Crippen LogP contribution >= 0.6 is 0 Å². The molecule has 0 aliphatic heterocycles. The summed E-state index contributed by atoms with van der Waals surface area (Å²) in [5.41, 5.74) is 0.737. The fourth-order valence-electron chi connectivity index (χ4n) is 1.25. The lowest BCUT2D eigenvalue weighted by molar-refractivity contribution is 0.495. The molecule has 0 saturated carbocycles. The second-order valence-corrected chi connectivity index (χ2v) is 3.16. The van der Waals surface area contributed by atoms with Gasteiger partial charge in [-0.1, -0.05) is 31.6 Å². The molecule has 1 nitrogen and oxygen atoms in total. The maximum absolute atomic E-state index is 5.52. The molecule has 1 heterocycles. The topological polar surface area (TPSA) is 13.1 Å². The second-order valence-electron chi connectivity index (χ2n) is 3.16. The summed E-state index contributed by atoms with van der Waals surface area (Å²) in [6.07, 6.45) is 7.72. The molecule has 0 amide bonds. The third kappa shape index (κ3) is 3.16. The minimum atomic E-state index is 0.737. The van der Waals surface area contributed by atoms with Gasteiger partial charge >= 0.3 is 0 Å². The molecule has 2 radical (unpaired) electrons. The van der Waals surface area contributed by atoms with Gasteiger partial charge in [-0.05, 0) is 12.5 Å². The molecular weight excluding hydrogens is 147 g/mol. The summed E-state index contributed by atoms with van der Waals surface area (Å²) in [5.74, 6) is 1.02. The van der Waals surface area contributed by atoms with Crippen LogP contribution in [0.25, 0.3) is 0 Å². The van der Waals surface area contributed by atoms with E-state index in [1.807, 2.05) is 6.07 Å². The molecule has 0 aliphatic carbocycles. The highest BCUT2D eigenvalue weighted by molar-refractivity contribution is 6.32. The monoisotopic (exact) mass is 162 g/mol. The van der Waals surface area contributed by atoms with Crippen molar-refractivity contribution in [3.05, 3.63) is 18.1 Å². The SMILES string of the molecule is [B]c1coc(CCCCCC)c1. The molecular formula is C10H15BO. The van der Waals surface area contributed by atoms with Crippen molar-refractivity contribution in [1.82, 2.24) is 0 Å². The van der Waals surface area contributed by atoms with Crippen molar-refractivity contribution in [3.8, 4) is 0 Å². The van der Waals surface area contributed by atoms with Crippen molar-refractivity contribution in [1.29, 1.82) is 0 Å². The molecule has 0 unspecified atom stereocenters. The van der Waals surface area contributed by atoms with E-state index in [9.17, 15) is 0 Å². The van der Waals surface area contributed by atoms with E-state index in [0.29, 0.717) is 0 Å². The predicted octanol–water partition coefficient (Wildman–Crippen LogP) is 2.20. The molecule has 0 saturated heterocycles. The first-order valence-electron chi connectivity index (χ1n) is 4.66. The Kier molecular flexibility index (Phi) is 3.99. The maximum atomic E-state index is 5.52. The Bertz CT molecular complexity index is 217. The van der Waals surface area contributed by atoms with Crippen LogP contribution in [0.1, 0.15) is 38.4 Å². The zero-order valence-corrected chi connectivity index (χ0v) is 7.68. The molecule has 1 aromatic rings. The molecule has 0 bridgehead atoms. The average Bonchev–Trinajstić information content (AvgIpc) is 2.45. The Morgan fingerprint density at radius 2 is 2.17 bits per heavy atom. The summed E-state index contributed by atoms with van der Waals surface area (Å²) < 4.78 is 5.22. The van der Waals surface area contributed by atoms with E-state index < -0.39 is 0 Å². The van der Waals surface area contributed by atoms with Crippen LogP contribution in [0.5, 0.6) is 0 Å². The fourth-order valence-corrected chi connectivity index (χ4v) is 1.25. The Hall–Kier alpha value is -0.655. The lowest BCUT2D eigenvalue weighted by atomic mass is 10.00. The van der Waals surface area contributed by atoms with Crippen LogP contribution in [0.3, 0.4) is 0 Å². The summed E-state index contributed by atoms with van der Waals surface area (Å²) >= 11 is 0. The largest absolute Gasteiger partial charge is 0.470 e. The highest BCUT2D eigenvalue weighted by Gasteiger charge is 1.97. The number of furan rings is 1. The van der Waals surface area contributed by atoms with E-state index in [4.69, 9.17) is 12.3 Å². The van der Waals surface area contributed by atoms with E-state index in [1.165, 1.54) is 25.7 Å². The van der Waals surface area contributed by atoms with Crippen molar-refractivity contribution in [3.63, 3.8) is 0 Å². The van der Waals surface area contributed by atoms with Gasteiger partial charge in [-0.15, -0.1) is 0 Å². The Morgan fingerprint density at radius 1 is 1.33 bits per heavy atom. The smallest absolute Gasteiger partial charge is 0.118 e. The first kappa shape index (κ1) is 9.43. The van der Waals surface area contributed by atoms with Crippen LogP contribution in [0.15, 0.2) is 16.7 Å². The highest BCUT2D eigenvalue weighted by atomic mass is 16.3. The van der Waals surface area contributed by atoms with E-state index in [2.05, 4.69) is 6.92 Å². The van der Waals surface area contributed by atoms with E-state index in [1.54, 1.807) is 6.26 Å². The molecule has 64 valence electrons. The van der Waals surface area contributed by atoms with E-state index >= 15 is 0 Å². The van der Waals surface area contributed by atoms with Gasteiger partial charge in [-0.25, -0.2) is 0 Å². The van der Waals surface area contributed by atoms with Gasteiger partial charge in [0, 0.05) is 6.42 Å². The average molecular weight is 162 g/mol. The van der Waals surface area contributed by atoms with Gasteiger partial charge < -0.3 is 4.42 Å². The maximum Gasteiger partial charge on any atom is 0.118 e. The molecule has 0 aliphatic rings. The van der Waals surface area contributed by atoms with Crippen molar-refractivity contribution in [2.75, 3.05) is 0 Å². The van der Waals surface area contributed by atoms with Crippen LogP contribution in [0, 0.1) is 0 Å². The van der Waals surface area contributed by atoms with E-state index in [0.717, 1.165) is 17.6 Å². The normalized spacial score (nSPS) is 10.4. The third-order valence-corrected chi connectivity index (χ3v) is 1.95. The summed E-state index contributed by atoms with van der Waals surface area (Å²) in [7, 11) is 5.52. The number of rotatable bonds is 5. The number of hydrogen-bond donors (Lipinski definition) is 0. The molecule has 1 rings (SSSR count). The molecule has 0 atom stereocenters. The van der Waals surface area contributed by atoms with Gasteiger partial charge in [-0.2, -0.15) is 0 Å². The zero-order valence-electron chi connectivity index (χ0n) is 7.68. The molecule has 2 heteroatoms. The molecule has 0 aromatic carbocycles. The van der Waals surface area contributed by atoms with Crippen molar-refractivity contribution < 1.29 is 4.42 Å². The minimum absolute atomic E-state index is 0.737. The van der Waals surface area contributed by atoms with Gasteiger partial charge in [0.1, 0.15) is 13.6 Å². The Morgan fingerprint density at radius 3 is 2.75 bits per heavy atom. The second kappa shape index (κ2) is 5.07. The zero-order chi connectivity index (χ0) is 8.81. The quantitative estimate of drug-likeness (QED) is 0.477. The summed E-state index contributed by atoms with van der Waals surface area (Å²) in [5, 5.41) is 0. The summed E-state index contributed by atoms with van der Waals surface area (Å²) in [6.45, 7) is 2.21. The van der Waals surface area contributed by atoms with Crippen molar-refractivity contribution in [2.45, 2.75) is 39.0 Å². The lowest BCUT2D eigenvalue weighted by Gasteiger charge is -1.95. The van der Waals surface area contributed by atoms with Gasteiger partial charge in [0.25, 0.3) is 0 Å². The lowest BCUT2D eigenvalue weighted by Crippen LogP contribution is -1.94. The molecule has 0 N–H and O–H groups in total. The van der Waals surface area contributed by atoms with Gasteiger partial charge in [0.05, 0.1) is 6.26 Å². The van der Waals surface area contributed by atoms with Gasteiger partial charge in [0.15, 0.2) is 0 Å². The van der Waals surface area contributed by atoms with Crippen LogP contribution < -0.4 is 5.46 Å². The van der Waals surface area contributed by atoms with Crippen molar-refractivity contribution in [2.24, 2.45) is 0 Å². The molecule has 12 heavy (non-hydrogen) atoms. The Labute approximate surface area is 75.6 Å². The van der Waals surface area contributed by atoms with Gasteiger partial charge in [-0.3, -0.25) is 0 Å². The summed E-state index contributed by atoms with van der Waals surface area (Å²) in [4.78, 5) is 0. The first-order chi connectivity index (χ1) is 5.83. The minimum Gasteiger partial charge on any atom is -0.470 e. The first-order valence-corrected chi connectivity index (χ1v) is 4.66. The number of unbranched alkanes of at least 4 members (excludes halogenated alkanes) is 3. The number of aryl methyl sites for hydroxylation is 1. The van der Waals surface area contributed by atoms with Gasteiger partial charge in [0.2, 0.25) is 0 Å². The highest BCUT2D eigenvalue weighted by Crippen LogP contribution is 2.06. The Balaban J connectivity index is 2.15. The summed E-state index contributed by atoms with van der Waals surface area (Å²) in [6, 6.07) is 1.91. The van der Waals surface area contributed by atoms with Crippen molar-refractivity contribution >= 4 is 13.3 Å². The van der Waals surface area contributed by atoms with E-state index in [-0.39, 0.29) is 0 Å². The molecule has 0 spiro atoms. The van der Waals surface area contributed by atoms with Crippen LogP contribution in [0.4, 0.5) is 0 Å². The van der Waals surface area contributed by atoms with Crippen LogP contribution in [0.2, 0.25) is 0 Å². The van der Waals surface area contributed by atoms with Crippen LogP contribution in [-0.2, 0) is 6.42 Å². The van der Waals surface area contributed by atoms with Crippen LogP contribution in [-0.4, -0.2) is 7.85 Å². The third-order valence-electron chi connectivity index (χ3n) is 1.95. The standard InChI is InChI=1S/C10H15BO/c1-2-3-4-5-6-10-7-9(11)8-12-10/h7-8H,2-6H2,1H3. The predicted molar refractivity (Wildman–Crippen MR) is 51.9 cm³/mol.